The molecule has 0 aliphatic rings. The van der Waals surface area contributed by atoms with Crippen molar-refractivity contribution in [3.63, 3.8) is 0 Å². The first-order chi connectivity index (χ1) is 7.92. The molecule has 0 spiro atoms. The smallest absolute Gasteiger partial charge is 0.116 e. The number of hydrogen-bond acceptors (Lipinski definition) is 2. The van der Waals surface area contributed by atoms with E-state index in [2.05, 4.69) is 16.5 Å². The third-order valence-corrected chi connectivity index (χ3v) is 1.77. The molecule has 0 saturated heterocycles. The fraction of sp³-hybridized carbons (Fsp3) is 0.286. The Balaban J connectivity index is 0.000000509. The Hall–Kier alpha value is -1.70. The van der Waals surface area contributed by atoms with Gasteiger partial charge in [-0.2, -0.15) is 0 Å². The molecule has 1 aromatic heterocycles. The van der Waals surface area contributed by atoms with Crippen LogP contribution in [0, 0.1) is 0 Å². The molecule has 2 nitrogen and oxygen atoms in total. The molecule has 0 unspecified atom stereocenters. The van der Waals surface area contributed by atoms with Gasteiger partial charge in [-0.3, -0.25) is 0 Å². The molecule has 0 N–H and O–H groups in total. The van der Waals surface area contributed by atoms with E-state index in [0.29, 0.717) is 0 Å². The van der Waals surface area contributed by atoms with Crippen LogP contribution in [-0.4, -0.2) is 9.97 Å². The Morgan fingerprint density at radius 2 is 1.62 bits per heavy atom. The summed E-state index contributed by atoms with van der Waals surface area (Å²) in [5, 5.41) is 1.05. The molecular formula is C14H20N2. The molecule has 0 bridgehead atoms. The van der Waals surface area contributed by atoms with E-state index < -0.39 is 0 Å². The summed E-state index contributed by atoms with van der Waals surface area (Å²) in [6.07, 6.45) is 3.30. The second-order valence-electron chi connectivity index (χ2n) is 2.48. The number of rotatable bonds is 1. The minimum Gasteiger partial charge on any atom is -0.236 e. The highest BCUT2D eigenvalue weighted by Gasteiger charge is 1.96. The molecule has 1 heterocycles. The van der Waals surface area contributed by atoms with Gasteiger partial charge < -0.3 is 0 Å². The van der Waals surface area contributed by atoms with Crippen molar-refractivity contribution in [1.29, 1.82) is 0 Å². The van der Waals surface area contributed by atoms with Gasteiger partial charge in [-0.15, -0.1) is 0 Å². The lowest BCUT2D eigenvalue weighted by atomic mass is 10.2. The molecule has 0 saturated carbocycles. The van der Waals surface area contributed by atoms with E-state index in [1.54, 1.807) is 12.4 Å². The Morgan fingerprint density at radius 1 is 1.00 bits per heavy atom. The van der Waals surface area contributed by atoms with Crippen LogP contribution < -0.4 is 0 Å². The van der Waals surface area contributed by atoms with Crippen molar-refractivity contribution in [2.75, 3.05) is 0 Å². The van der Waals surface area contributed by atoms with Crippen LogP contribution in [0.25, 0.3) is 17.0 Å². The van der Waals surface area contributed by atoms with Crippen LogP contribution in [0.15, 0.2) is 37.2 Å². The van der Waals surface area contributed by atoms with E-state index in [1.165, 1.54) is 0 Å². The minimum atomic E-state index is 0.889. The minimum absolute atomic E-state index is 0.889. The monoisotopic (exact) mass is 216 g/mol. The lowest BCUT2D eigenvalue weighted by Crippen LogP contribution is -1.85. The fourth-order valence-corrected chi connectivity index (χ4v) is 1.19. The van der Waals surface area contributed by atoms with Crippen LogP contribution in [0.1, 0.15) is 33.4 Å². The Bertz CT molecular complexity index is 417. The molecule has 2 aromatic rings. The average molecular weight is 216 g/mol. The molecule has 16 heavy (non-hydrogen) atoms. The Kier molecular flexibility index (Phi) is 7.68. The Morgan fingerprint density at radius 3 is 2.25 bits per heavy atom. The Labute approximate surface area is 98.1 Å². The predicted octanol–water partition coefficient (Wildman–Crippen LogP) is 4.33. The second-order valence-corrected chi connectivity index (χ2v) is 2.48. The summed E-state index contributed by atoms with van der Waals surface area (Å²) < 4.78 is 0. The zero-order valence-electron chi connectivity index (χ0n) is 10.6. The molecule has 2 heteroatoms. The van der Waals surface area contributed by atoms with Gasteiger partial charge in [-0.05, 0) is 12.1 Å². The van der Waals surface area contributed by atoms with Crippen molar-refractivity contribution >= 4 is 17.0 Å². The van der Waals surface area contributed by atoms with Crippen molar-refractivity contribution < 1.29 is 0 Å². The van der Waals surface area contributed by atoms with E-state index in [9.17, 15) is 0 Å². The van der Waals surface area contributed by atoms with Gasteiger partial charge in [0.15, 0.2) is 0 Å². The normalized spacial score (nSPS) is 8.25. The van der Waals surface area contributed by atoms with Crippen molar-refractivity contribution in [2.24, 2.45) is 0 Å². The zero-order valence-corrected chi connectivity index (χ0v) is 10.6. The highest BCUT2D eigenvalue weighted by atomic mass is 14.8. The molecule has 0 amide bonds. The third kappa shape index (κ3) is 3.46. The van der Waals surface area contributed by atoms with E-state index in [0.717, 1.165) is 16.6 Å². The van der Waals surface area contributed by atoms with Gasteiger partial charge in [-0.25, -0.2) is 9.97 Å². The predicted molar refractivity (Wildman–Crippen MR) is 72.3 cm³/mol. The largest absolute Gasteiger partial charge is 0.236 e. The molecule has 0 atom stereocenters. The third-order valence-electron chi connectivity index (χ3n) is 1.77. The summed E-state index contributed by atoms with van der Waals surface area (Å²) in [6.45, 7) is 11.7. The molecule has 0 aliphatic heterocycles. The standard InChI is InChI=1S/C10H8N2.2C2H6/c1-2-9-8-5-3-4-6-10(8)12-7-11-9;2*1-2/h2-7H,1H2;2*1-2H3. The van der Waals surface area contributed by atoms with Crippen molar-refractivity contribution in [2.45, 2.75) is 27.7 Å². The number of para-hydroxylation sites is 1. The molecule has 0 aliphatic carbocycles. The zero-order chi connectivity index (χ0) is 12.4. The topological polar surface area (TPSA) is 25.8 Å². The van der Waals surface area contributed by atoms with Crippen LogP contribution in [0.3, 0.4) is 0 Å². The number of fused-ring (bicyclic) bond motifs is 1. The van der Waals surface area contributed by atoms with Gasteiger partial charge in [0, 0.05) is 5.39 Å². The first kappa shape index (κ1) is 14.3. The van der Waals surface area contributed by atoms with Gasteiger partial charge in [0.2, 0.25) is 0 Å². The fourth-order valence-electron chi connectivity index (χ4n) is 1.19. The molecule has 1 aromatic carbocycles. The van der Waals surface area contributed by atoms with E-state index in [4.69, 9.17) is 0 Å². The molecule has 0 fully saturated rings. The quantitative estimate of drug-likeness (QED) is 0.709. The van der Waals surface area contributed by atoms with Crippen LogP contribution in [0.4, 0.5) is 0 Å². The SMILES string of the molecule is C=Cc1ncnc2ccccc12.CC.CC. The van der Waals surface area contributed by atoms with Crippen molar-refractivity contribution in [3.05, 3.63) is 42.9 Å². The second kappa shape index (κ2) is 8.60. The molecular weight excluding hydrogens is 196 g/mol. The van der Waals surface area contributed by atoms with Crippen molar-refractivity contribution in [3.8, 4) is 0 Å². The molecule has 2 rings (SSSR count). The van der Waals surface area contributed by atoms with Gasteiger partial charge >= 0.3 is 0 Å². The van der Waals surface area contributed by atoms with Gasteiger partial charge in [0.1, 0.15) is 6.33 Å². The summed E-state index contributed by atoms with van der Waals surface area (Å²) in [7, 11) is 0. The van der Waals surface area contributed by atoms with E-state index >= 15 is 0 Å². The van der Waals surface area contributed by atoms with Crippen molar-refractivity contribution in [1.82, 2.24) is 9.97 Å². The highest BCUT2D eigenvalue weighted by molar-refractivity contribution is 5.85. The number of nitrogens with zero attached hydrogens (tertiary/aromatic N) is 2. The average Bonchev–Trinajstić information content (AvgIpc) is 2.42. The van der Waals surface area contributed by atoms with Crippen LogP contribution in [0.5, 0.6) is 0 Å². The van der Waals surface area contributed by atoms with Gasteiger partial charge in [0.25, 0.3) is 0 Å². The summed E-state index contributed by atoms with van der Waals surface area (Å²) in [6, 6.07) is 7.89. The summed E-state index contributed by atoms with van der Waals surface area (Å²) in [5.41, 5.74) is 1.85. The van der Waals surface area contributed by atoms with E-state index in [1.807, 2.05) is 52.0 Å². The van der Waals surface area contributed by atoms with Crippen LogP contribution in [0.2, 0.25) is 0 Å². The van der Waals surface area contributed by atoms with Crippen LogP contribution in [-0.2, 0) is 0 Å². The first-order valence-electron chi connectivity index (χ1n) is 5.74. The first-order valence-corrected chi connectivity index (χ1v) is 5.74. The van der Waals surface area contributed by atoms with Gasteiger partial charge in [0.05, 0.1) is 11.2 Å². The highest BCUT2D eigenvalue weighted by Crippen LogP contribution is 2.13. The number of hydrogen-bond donors (Lipinski definition) is 0. The van der Waals surface area contributed by atoms with E-state index in [-0.39, 0.29) is 0 Å². The maximum atomic E-state index is 4.13. The number of benzene rings is 1. The maximum Gasteiger partial charge on any atom is 0.116 e. The number of aromatic nitrogens is 2. The maximum absolute atomic E-state index is 4.13. The lowest BCUT2D eigenvalue weighted by Gasteiger charge is -1.97. The summed E-state index contributed by atoms with van der Waals surface area (Å²) in [4.78, 5) is 8.23. The van der Waals surface area contributed by atoms with Gasteiger partial charge in [-0.1, -0.05) is 52.5 Å². The molecule has 86 valence electrons. The lowest BCUT2D eigenvalue weighted by molar-refractivity contribution is 1.21. The summed E-state index contributed by atoms with van der Waals surface area (Å²) >= 11 is 0. The molecule has 0 radical (unpaired) electrons. The summed E-state index contributed by atoms with van der Waals surface area (Å²) in [5.74, 6) is 0. The van der Waals surface area contributed by atoms with Crippen LogP contribution >= 0.6 is 0 Å².